The summed E-state index contributed by atoms with van der Waals surface area (Å²) in [7, 11) is 0. The maximum absolute atomic E-state index is 12.0. The summed E-state index contributed by atoms with van der Waals surface area (Å²) in [4.78, 5) is 0.464. The fourth-order valence-corrected chi connectivity index (χ4v) is 1.85. The standard InChI is InChI=1S/C12H17N5O2/c13-8-4-1-5-9-14-12-15-17(19)11-7-3-2-6-10(11)16(12)18/h2-3,6-7H,1,4-5,8-9,13H2,(H,14,15). The van der Waals surface area contributed by atoms with Crippen LogP contribution in [0, 0.1) is 10.4 Å². The highest BCUT2D eigenvalue weighted by molar-refractivity contribution is 5.67. The number of fused-ring (bicyclic) bond motifs is 1. The summed E-state index contributed by atoms with van der Waals surface area (Å²) in [6.45, 7) is 1.25. The first-order chi connectivity index (χ1) is 9.24. The molecule has 0 radical (unpaired) electrons. The lowest BCUT2D eigenvalue weighted by molar-refractivity contribution is -0.672. The van der Waals surface area contributed by atoms with Gasteiger partial charge in [-0.3, -0.25) is 5.32 Å². The van der Waals surface area contributed by atoms with E-state index in [4.69, 9.17) is 5.73 Å². The molecule has 0 amide bonds. The highest BCUT2D eigenvalue weighted by atomic mass is 16.5. The van der Waals surface area contributed by atoms with Crippen molar-refractivity contribution in [3.63, 3.8) is 0 Å². The number of benzene rings is 1. The largest absolute Gasteiger partial charge is 0.739 e. The van der Waals surface area contributed by atoms with Crippen LogP contribution in [0.15, 0.2) is 24.3 Å². The second-order valence-electron chi connectivity index (χ2n) is 4.26. The van der Waals surface area contributed by atoms with Crippen LogP contribution in [0.25, 0.3) is 11.0 Å². The molecule has 0 unspecified atom stereocenters. The Balaban J connectivity index is 2.13. The zero-order valence-corrected chi connectivity index (χ0v) is 10.6. The van der Waals surface area contributed by atoms with Gasteiger partial charge in [-0.25, -0.2) is 4.73 Å². The molecule has 0 spiro atoms. The lowest BCUT2D eigenvalue weighted by Gasteiger charge is -2.09. The van der Waals surface area contributed by atoms with Crippen LogP contribution in [0.5, 0.6) is 0 Å². The second kappa shape index (κ2) is 6.14. The number of nitrogens with zero attached hydrogens (tertiary/aromatic N) is 3. The third-order valence-corrected chi connectivity index (χ3v) is 2.85. The Kier molecular flexibility index (Phi) is 4.30. The van der Waals surface area contributed by atoms with Gasteiger partial charge < -0.3 is 16.1 Å². The SMILES string of the molecule is NCCCCCNc1n[n+]([O-])c2ccccc2[n+]1[O-]. The topological polar surface area (TPSA) is 105 Å². The first-order valence-corrected chi connectivity index (χ1v) is 6.30. The predicted molar refractivity (Wildman–Crippen MR) is 71.1 cm³/mol. The van der Waals surface area contributed by atoms with Crippen molar-refractivity contribution in [2.75, 3.05) is 18.4 Å². The quantitative estimate of drug-likeness (QED) is 0.435. The van der Waals surface area contributed by atoms with E-state index in [-0.39, 0.29) is 11.5 Å². The van der Waals surface area contributed by atoms with Gasteiger partial charge in [0.2, 0.25) is 5.10 Å². The Morgan fingerprint density at radius 2 is 1.84 bits per heavy atom. The van der Waals surface area contributed by atoms with Gasteiger partial charge in [0.1, 0.15) is 0 Å². The van der Waals surface area contributed by atoms with Crippen molar-refractivity contribution >= 4 is 17.0 Å². The molecule has 0 aliphatic carbocycles. The molecule has 102 valence electrons. The lowest BCUT2D eigenvalue weighted by Crippen LogP contribution is -2.44. The molecule has 0 saturated heterocycles. The molecule has 0 fully saturated rings. The van der Waals surface area contributed by atoms with Crippen molar-refractivity contribution in [2.45, 2.75) is 19.3 Å². The van der Waals surface area contributed by atoms with Crippen LogP contribution in [0.1, 0.15) is 19.3 Å². The fraction of sp³-hybridized carbons (Fsp3) is 0.417. The van der Waals surface area contributed by atoms with Crippen molar-refractivity contribution < 1.29 is 9.58 Å². The second-order valence-corrected chi connectivity index (χ2v) is 4.26. The van der Waals surface area contributed by atoms with Crippen LogP contribution < -0.4 is 20.6 Å². The molecule has 1 heterocycles. The number of hydrogen-bond acceptors (Lipinski definition) is 5. The summed E-state index contributed by atoms with van der Waals surface area (Å²) in [6.07, 6.45) is 2.81. The lowest BCUT2D eigenvalue weighted by atomic mass is 10.2. The molecule has 0 atom stereocenters. The molecule has 2 rings (SSSR count). The van der Waals surface area contributed by atoms with E-state index < -0.39 is 0 Å². The first-order valence-electron chi connectivity index (χ1n) is 6.30. The van der Waals surface area contributed by atoms with Gasteiger partial charge in [0.25, 0.3) is 5.52 Å². The van der Waals surface area contributed by atoms with E-state index in [1.54, 1.807) is 24.3 Å². The van der Waals surface area contributed by atoms with Gasteiger partial charge in [0, 0.05) is 10.9 Å². The third-order valence-electron chi connectivity index (χ3n) is 2.85. The summed E-state index contributed by atoms with van der Waals surface area (Å²) in [5.74, 6) is 0.0291. The molecule has 2 aromatic rings. The molecule has 0 aliphatic rings. The summed E-state index contributed by atoms with van der Waals surface area (Å²) < 4.78 is 0.646. The smallest absolute Gasteiger partial charge is 0.460 e. The van der Waals surface area contributed by atoms with E-state index in [9.17, 15) is 10.4 Å². The van der Waals surface area contributed by atoms with E-state index in [1.165, 1.54) is 0 Å². The zero-order valence-electron chi connectivity index (χ0n) is 10.6. The van der Waals surface area contributed by atoms with E-state index in [2.05, 4.69) is 10.4 Å². The average molecular weight is 263 g/mol. The Hall–Kier alpha value is -2.15. The summed E-state index contributed by atoms with van der Waals surface area (Å²) in [6, 6.07) is 6.56. The number of hydrogen-bond donors (Lipinski definition) is 2. The van der Waals surface area contributed by atoms with E-state index in [1.807, 2.05) is 0 Å². The van der Waals surface area contributed by atoms with Gasteiger partial charge in [0.15, 0.2) is 5.52 Å². The third kappa shape index (κ3) is 3.00. The van der Waals surface area contributed by atoms with Crippen molar-refractivity contribution in [1.82, 2.24) is 5.10 Å². The molecular weight excluding hydrogens is 246 g/mol. The Morgan fingerprint density at radius 1 is 1.11 bits per heavy atom. The number of nitrogens with one attached hydrogen (secondary N) is 1. The molecular formula is C12H17N5O2. The van der Waals surface area contributed by atoms with Crippen LogP contribution in [-0.2, 0) is 0 Å². The van der Waals surface area contributed by atoms with Crippen LogP contribution >= 0.6 is 0 Å². The normalized spacial score (nSPS) is 10.8. The highest BCUT2D eigenvalue weighted by Crippen LogP contribution is 2.05. The molecule has 0 bridgehead atoms. The fourth-order valence-electron chi connectivity index (χ4n) is 1.85. The number of nitrogens with two attached hydrogens (primary N) is 1. The van der Waals surface area contributed by atoms with Crippen LogP contribution in [0.3, 0.4) is 0 Å². The Bertz CT molecular complexity index is 561. The zero-order chi connectivity index (χ0) is 13.7. The maximum Gasteiger partial charge on any atom is 0.460 e. The summed E-state index contributed by atoms with van der Waals surface area (Å²) in [5.41, 5.74) is 5.96. The number of rotatable bonds is 6. The van der Waals surface area contributed by atoms with Crippen LogP contribution in [0.2, 0.25) is 0 Å². The minimum atomic E-state index is 0.0291. The summed E-state index contributed by atoms with van der Waals surface area (Å²) in [5, 5.41) is 30.3. The van der Waals surface area contributed by atoms with E-state index in [0.717, 1.165) is 19.3 Å². The predicted octanol–water partition coefficient (Wildman–Crippen LogP) is 0.0425. The van der Waals surface area contributed by atoms with E-state index >= 15 is 0 Å². The van der Waals surface area contributed by atoms with Crippen molar-refractivity contribution in [3.05, 3.63) is 34.7 Å². The number of aromatic nitrogens is 3. The minimum absolute atomic E-state index is 0.0291. The first kappa shape index (κ1) is 13.3. The monoisotopic (exact) mass is 263 g/mol. The molecule has 0 aliphatic heterocycles. The summed E-state index contributed by atoms with van der Waals surface area (Å²) >= 11 is 0. The molecule has 1 aromatic heterocycles. The number of anilines is 1. The minimum Gasteiger partial charge on any atom is -0.739 e. The van der Waals surface area contributed by atoms with Gasteiger partial charge in [-0.15, -0.1) is 0 Å². The Labute approximate surface area is 110 Å². The number of unbranched alkanes of at least 4 members (excludes halogenated alkanes) is 2. The highest BCUT2D eigenvalue weighted by Gasteiger charge is 2.18. The van der Waals surface area contributed by atoms with Crippen LogP contribution in [0.4, 0.5) is 5.95 Å². The van der Waals surface area contributed by atoms with Crippen molar-refractivity contribution in [1.29, 1.82) is 0 Å². The van der Waals surface area contributed by atoms with Gasteiger partial charge in [-0.05, 0) is 31.9 Å². The molecule has 1 aromatic carbocycles. The van der Waals surface area contributed by atoms with Gasteiger partial charge >= 0.3 is 5.95 Å². The van der Waals surface area contributed by atoms with Gasteiger partial charge in [-0.2, -0.15) is 0 Å². The van der Waals surface area contributed by atoms with Crippen molar-refractivity contribution in [3.8, 4) is 0 Å². The molecule has 19 heavy (non-hydrogen) atoms. The molecule has 7 nitrogen and oxygen atoms in total. The average Bonchev–Trinajstić information content (AvgIpc) is 2.44. The van der Waals surface area contributed by atoms with Gasteiger partial charge in [0.05, 0.1) is 6.54 Å². The number of para-hydroxylation sites is 2. The molecule has 7 heteroatoms. The maximum atomic E-state index is 12.0. The van der Waals surface area contributed by atoms with Gasteiger partial charge in [-0.1, -0.05) is 12.1 Å². The van der Waals surface area contributed by atoms with Crippen LogP contribution in [-0.4, -0.2) is 18.2 Å². The molecule has 0 saturated carbocycles. The molecule has 3 N–H and O–H groups in total. The Morgan fingerprint density at radius 3 is 2.58 bits per heavy atom. The van der Waals surface area contributed by atoms with E-state index in [0.29, 0.717) is 28.2 Å². The van der Waals surface area contributed by atoms with Crippen molar-refractivity contribution in [2.24, 2.45) is 5.73 Å².